The van der Waals surface area contributed by atoms with Crippen LogP contribution in [0.3, 0.4) is 0 Å². The fourth-order valence-electron chi connectivity index (χ4n) is 8.24. The molecule has 2 aromatic rings. The molecule has 0 radical (unpaired) electrons. The Morgan fingerprint density at radius 1 is 1.07 bits per heavy atom. The zero-order valence-electron chi connectivity index (χ0n) is 33.5. The standard InChI is InChI=1S/C40H55N7O9S/c1-23-9-7-8-10-25-21-40(25,37(50)45-57(52,53)27-11-12-27)42-34(48)31-20-26(22-47(31)36(49)32(24(2)19-23)43-44-38(51)56-39(3,4)5)55-35-29-13-14-30-33(28(29)15-16-41-35)54-18-17-46(30)6/h8,10,13-16,23-27,31-32,43H,7,9,11-12,17-22H2,1-6H3,(H,42,48)(H,44,51)(H,45,50). The number of anilines is 1. The third kappa shape index (κ3) is 8.78. The second-order valence-corrected chi connectivity index (χ2v) is 19.4. The summed E-state index contributed by atoms with van der Waals surface area (Å²) in [7, 11) is -1.90. The van der Waals surface area contributed by atoms with E-state index in [4.69, 9.17) is 14.2 Å². The number of pyridine rings is 1. The van der Waals surface area contributed by atoms with Crippen LogP contribution in [0.2, 0.25) is 0 Å². The largest absolute Gasteiger partial charge is 0.489 e. The molecular formula is C40H55N7O9S. The number of sulfonamides is 1. The van der Waals surface area contributed by atoms with Gasteiger partial charge in [-0.05, 0) is 89.3 Å². The van der Waals surface area contributed by atoms with Crippen LogP contribution in [-0.4, -0.2) is 103 Å². The summed E-state index contributed by atoms with van der Waals surface area (Å²) < 4.78 is 46.1. The Kier molecular flexibility index (Phi) is 11.1. The molecule has 3 aliphatic heterocycles. The molecular weight excluding hydrogens is 755 g/mol. The zero-order chi connectivity index (χ0) is 40.9. The Labute approximate surface area is 333 Å². The van der Waals surface area contributed by atoms with Gasteiger partial charge < -0.3 is 29.3 Å². The maximum absolute atomic E-state index is 14.8. The predicted octanol–water partition coefficient (Wildman–Crippen LogP) is 3.31. The van der Waals surface area contributed by atoms with E-state index in [1.165, 1.54) is 4.90 Å². The highest BCUT2D eigenvalue weighted by molar-refractivity contribution is 7.91. The van der Waals surface area contributed by atoms with Gasteiger partial charge in [-0.25, -0.2) is 23.6 Å². The molecule has 17 heteroatoms. The minimum absolute atomic E-state index is 0.00928. The van der Waals surface area contributed by atoms with Gasteiger partial charge in [-0.2, -0.15) is 0 Å². The lowest BCUT2D eigenvalue weighted by atomic mass is 9.88. The lowest BCUT2D eigenvalue weighted by molar-refractivity contribution is -0.142. The van der Waals surface area contributed by atoms with Crippen LogP contribution >= 0.6 is 0 Å². The number of allylic oxidation sites excluding steroid dienone is 1. The van der Waals surface area contributed by atoms with Crippen LogP contribution in [0, 0.1) is 17.8 Å². The fraction of sp³-hybridized carbons (Fsp3) is 0.625. The van der Waals surface area contributed by atoms with Gasteiger partial charge in [0, 0.05) is 36.4 Å². The van der Waals surface area contributed by atoms with E-state index >= 15 is 0 Å². The normalized spacial score (nSPS) is 29.4. The van der Waals surface area contributed by atoms with Crippen LogP contribution in [0.15, 0.2) is 36.5 Å². The molecule has 1 aromatic heterocycles. The Morgan fingerprint density at radius 3 is 2.58 bits per heavy atom. The number of aromatic nitrogens is 1. The van der Waals surface area contributed by atoms with E-state index in [2.05, 4.69) is 37.7 Å². The first kappa shape index (κ1) is 40.6. The van der Waals surface area contributed by atoms with E-state index in [1.807, 2.05) is 44.3 Å². The van der Waals surface area contributed by atoms with Gasteiger partial charge in [0.1, 0.15) is 35.9 Å². The second-order valence-electron chi connectivity index (χ2n) is 17.4. The molecule has 2 aliphatic carbocycles. The lowest BCUT2D eigenvalue weighted by Gasteiger charge is -2.33. The summed E-state index contributed by atoms with van der Waals surface area (Å²) in [5.74, 6) is -1.40. The number of amides is 4. The van der Waals surface area contributed by atoms with Crippen LogP contribution in [0.25, 0.3) is 10.8 Å². The highest BCUT2D eigenvalue weighted by Crippen LogP contribution is 2.46. The lowest BCUT2D eigenvalue weighted by Crippen LogP contribution is -2.60. The minimum Gasteiger partial charge on any atom is -0.489 e. The van der Waals surface area contributed by atoms with Crippen molar-refractivity contribution in [2.75, 3.05) is 31.6 Å². The summed E-state index contributed by atoms with van der Waals surface area (Å²) in [4.78, 5) is 64.1. The maximum atomic E-state index is 14.8. The van der Waals surface area contributed by atoms with Crippen molar-refractivity contribution in [1.29, 1.82) is 0 Å². The number of benzene rings is 1. The molecule has 2 saturated carbocycles. The number of nitrogens with one attached hydrogen (secondary N) is 4. The fourth-order valence-corrected chi connectivity index (χ4v) is 9.60. The molecule has 0 bridgehead atoms. The molecule has 4 amide bonds. The summed E-state index contributed by atoms with van der Waals surface area (Å²) in [5.41, 5.74) is 4.12. The predicted molar refractivity (Wildman–Crippen MR) is 212 cm³/mol. The van der Waals surface area contributed by atoms with Crippen molar-refractivity contribution >= 4 is 50.3 Å². The van der Waals surface area contributed by atoms with Crippen LogP contribution < -0.4 is 35.3 Å². The first-order valence-corrected chi connectivity index (χ1v) is 21.5. The number of likely N-dealkylation sites (N-methyl/N-ethyl adjacent to an activating group) is 1. The number of hydrazine groups is 1. The number of nitrogens with zero attached hydrogens (tertiary/aromatic N) is 3. The molecule has 7 rings (SSSR count). The van der Waals surface area contributed by atoms with Crippen molar-refractivity contribution in [3.05, 3.63) is 36.5 Å². The third-order valence-corrected chi connectivity index (χ3v) is 13.4. The van der Waals surface area contributed by atoms with Gasteiger partial charge >= 0.3 is 6.09 Å². The van der Waals surface area contributed by atoms with Crippen molar-refractivity contribution in [2.45, 2.75) is 114 Å². The molecule has 4 N–H and O–H groups in total. The molecule has 7 atom stereocenters. The van der Waals surface area contributed by atoms with Gasteiger partial charge in [-0.3, -0.25) is 24.5 Å². The van der Waals surface area contributed by atoms with E-state index in [0.717, 1.165) is 29.8 Å². The molecule has 3 fully saturated rings. The van der Waals surface area contributed by atoms with Crippen LogP contribution in [0.1, 0.15) is 79.6 Å². The van der Waals surface area contributed by atoms with Crippen LogP contribution in [0.4, 0.5) is 10.5 Å². The molecule has 4 heterocycles. The first-order valence-electron chi connectivity index (χ1n) is 20.0. The molecule has 310 valence electrons. The number of fused-ring (bicyclic) bond motifs is 5. The number of carbonyl (C=O) groups excluding carboxylic acids is 4. The van der Waals surface area contributed by atoms with Gasteiger partial charge in [0.2, 0.25) is 27.7 Å². The highest BCUT2D eigenvalue weighted by Gasteiger charge is 2.62. The van der Waals surface area contributed by atoms with Crippen LogP contribution in [0.5, 0.6) is 11.6 Å². The van der Waals surface area contributed by atoms with Gasteiger partial charge in [-0.15, -0.1) is 0 Å². The topological polar surface area (TPSA) is 198 Å². The first-order chi connectivity index (χ1) is 27.0. The molecule has 57 heavy (non-hydrogen) atoms. The summed E-state index contributed by atoms with van der Waals surface area (Å²) in [6, 6.07) is 3.64. The second kappa shape index (κ2) is 15.6. The van der Waals surface area contributed by atoms with Gasteiger partial charge in [0.25, 0.3) is 5.91 Å². The quantitative estimate of drug-likeness (QED) is 0.236. The molecule has 7 unspecified atom stereocenters. The van der Waals surface area contributed by atoms with Crippen molar-refractivity contribution in [2.24, 2.45) is 17.8 Å². The van der Waals surface area contributed by atoms with E-state index in [9.17, 15) is 27.6 Å². The Morgan fingerprint density at radius 2 is 1.84 bits per heavy atom. The van der Waals surface area contributed by atoms with E-state index in [0.29, 0.717) is 43.6 Å². The van der Waals surface area contributed by atoms with E-state index < -0.39 is 74.3 Å². The Bertz CT molecular complexity index is 2050. The van der Waals surface area contributed by atoms with Gasteiger partial charge in [0.15, 0.2) is 5.75 Å². The zero-order valence-corrected chi connectivity index (χ0v) is 34.3. The van der Waals surface area contributed by atoms with E-state index in [-0.39, 0.29) is 31.2 Å². The van der Waals surface area contributed by atoms with Crippen molar-refractivity contribution in [3.8, 4) is 11.6 Å². The molecule has 0 spiro atoms. The third-order valence-electron chi connectivity index (χ3n) is 11.5. The summed E-state index contributed by atoms with van der Waals surface area (Å²) in [5, 5.41) is 3.80. The van der Waals surface area contributed by atoms with Crippen molar-refractivity contribution in [3.63, 3.8) is 0 Å². The summed E-state index contributed by atoms with van der Waals surface area (Å²) in [6.45, 7) is 10.5. The molecule has 5 aliphatic rings. The molecule has 1 aromatic carbocycles. The maximum Gasteiger partial charge on any atom is 0.422 e. The Hall–Kier alpha value is -4.64. The Balaban J connectivity index is 1.21. The average molecular weight is 810 g/mol. The SMILES string of the molecule is CC1CCC=CC2CC2(C(=O)NS(=O)(=O)C2CC2)NC(=O)C2CC(Oc3nccc4c5c(ccc34)N(C)CCO5)CN2C(=O)C(NNC(=O)OC(C)(C)C)C(C)C1. The number of ether oxygens (including phenoxy) is 3. The van der Waals surface area contributed by atoms with E-state index in [1.54, 1.807) is 27.0 Å². The molecule has 1 saturated heterocycles. The van der Waals surface area contributed by atoms with Crippen molar-refractivity contribution in [1.82, 2.24) is 30.8 Å². The number of rotatable bonds is 7. The molecule has 16 nitrogen and oxygen atoms in total. The van der Waals surface area contributed by atoms with Crippen molar-refractivity contribution < 1.29 is 41.8 Å². The number of hydrogen-bond donors (Lipinski definition) is 4. The number of carbonyl (C=O) groups is 4. The minimum atomic E-state index is -3.90. The average Bonchev–Trinajstić information content (AvgIpc) is 4.06. The summed E-state index contributed by atoms with van der Waals surface area (Å²) in [6.07, 6.45) is 7.29. The van der Waals surface area contributed by atoms with Gasteiger partial charge in [0.05, 0.1) is 24.0 Å². The highest BCUT2D eigenvalue weighted by atomic mass is 32.2. The summed E-state index contributed by atoms with van der Waals surface area (Å²) >= 11 is 0. The van der Waals surface area contributed by atoms with Gasteiger partial charge in [-0.1, -0.05) is 26.0 Å². The number of hydrogen-bond acceptors (Lipinski definition) is 12. The smallest absolute Gasteiger partial charge is 0.422 e. The monoisotopic (exact) mass is 809 g/mol. The van der Waals surface area contributed by atoms with Crippen LogP contribution in [-0.2, 0) is 29.1 Å².